The molecule has 0 aliphatic carbocycles. The van der Waals surface area contributed by atoms with E-state index in [1.165, 1.54) is 56.2 Å². The summed E-state index contributed by atoms with van der Waals surface area (Å²) < 4.78 is 0. The van der Waals surface area contributed by atoms with Gasteiger partial charge in [-0.25, -0.2) is 0 Å². The van der Waals surface area contributed by atoms with Crippen LogP contribution in [0.1, 0.15) is 49.8 Å². The van der Waals surface area contributed by atoms with Gasteiger partial charge in [0.1, 0.15) is 0 Å². The van der Waals surface area contributed by atoms with E-state index >= 15 is 0 Å². The number of rotatable bonds is 11. The molecule has 1 heterocycles. The van der Waals surface area contributed by atoms with E-state index in [1.54, 1.807) is 0 Å². The molecule has 1 aromatic heterocycles. The van der Waals surface area contributed by atoms with Gasteiger partial charge in [-0.15, -0.1) is 17.9 Å². The third-order valence-electron chi connectivity index (χ3n) is 3.42. The zero-order valence-electron chi connectivity index (χ0n) is 11.7. The minimum Gasteiger partial charge on any atom is -0.317 e. The average Bonchev–Trinajstić information content (AvgIpc) is 2.89. The van der Waals surface area contributed by atoms with Gasteiger partial charge in [-0.1, -0.05) is 25.0 Å². The van der Waals surface area contributed by atoms with E-state index in [0.717, 1.165) is 0 Å². The SMILES string of the molecule is C=CCCCCCC(CCCc1cccs1)NC. The van der Waals surface area contributed by atoms with Gasteiger partial charge in [-0.05, 0) is 57.0 Å². The summed E-state index contributed by atoms with van der Waals surface area (Å²) in [6, 6.07) is 5.09. The molecule has 0 aliphatic rings. The van der Waals surface area contributed by atoms with Crippen molar-refractivity contribution in [3.05, 3.63) is 35.0 Å². The lowest BCUT2D eigenvalue weighted by Gasteiger charge is -2.15. The molecule has 0 radical (unpaired) electrons. The molecule has 1 aromatic rings. The molecule has 0 aromatic carbocycles. The Hall–Kier alpha value is -0.600. The fraction of sp³-hybridized carbons (Fsp3) is 0.625. The second-order valence-electron chi connectivity index (χ2n) is 4.88. The second-order valence-corrected chi connectivity index (χ2v) is 5.92. The number of hydrogen-bond donors (Lipinski definition) is 1. The summed E-state index contributed by atoms with van der Waals surface area (Å²) in [6.07, 6.45) is 12.3. The molecule has 0 saturated heterocycles. The molecule has 1 unspecified atom stereocenters. The minimum absolute atomic E-state index is 0.702. The topological polar surface area (TPSA) is 12.0 Å². The third kappa shape index (κ3) is 6.97. The molecule has 0 bridgehead atoms. The predicted octanol–water partition coefficient (Wildman–Crippen LogP) is 4.80. The Morgan fingerprint density at radius 2 is 2.11 bits per heavy atom. The summed E-state index contributed by atoms with van der Waals surface area (Å²) in [7, 11) is 2.10. The molecule has 1 N–H and O–H groups in total. The van der Waals surface area contributed by atoms with Gasteiger partial charge < -0.3 is 5.32 Å². The van der Waals surface area contributed by atoms with E-state index in [2.05, 4.69) is 36.5 Å². The number of nitrogens with one attached hydrogen (secondary N) is 1. The van der Waals surface area contributed by atoms with Crippen molar-refractivity contribution in [1.29, 1.82) is 0 Å². The smallest absolute Gasteiger partial charge is 0.00641 e. The van der Waals surface area contributed by atoms with Crippen molar-refractivity contribution in [2.24, 2.45) is 0 Å². The molecule has 1 nitrogen and oxygen atoms in total. The third-order valence-corrected chi connectivity index (χ3v) is 4.36. The van der Waals surface area contributed by atoms with Crippen LogP contribution in [-0.2, 0) is 6.42 Å². The monoisotopic (exact) mass is 265 g/mol. The summed E-state index contributed by atoms with van der Waals surface area (Å²) in [6.45, 7) is 3.76. The summed E-state index contributed by atoms with van der Waals surface area (Å²) in [5, 5.41) is 5.63. The van der Waals surface area contributed by atoms with E-state index < -0.39 is 0 Å². The Morgan fingerprint density at radius 1 is 1.28 bits per heavy atom. The van der Waals surface area contributed by atoms with Crippen molar-refractivity contribution in [2.45, 2.75) is 57.4 Å². The van der Waals surface area contributed by atoms with Crippen LogP contribution in [0.2, 0.25) is 0 Å². The van der Waals surface area contributed by atoms with Crippen LogP contribution in [0.25, 0.3) is 0 Å². The van der Waals surface area contributed by atoms with E-state index in [9.17, 15) is 0 Å². The number of thiophene rings is 1. The van der Waals surface area contributed by atoms with Gasteiger partial charge in [0, 0.05) is 10.9 Å². The van der Waals surface area contributed by atoms with Crippen molar-refractivity contribution in [1.82, 2.24) is 5.32 Å². The highest BCUT2D eigenvalue weighted by molar-refractivity contribution is 7.09. The Labute approximate surface area is 116 Å². The maximum Gasteiger partial charge on any atom is 0.00641 e. The largest absolute Gasteiger partial charge is 0.317 e. The summed E-state index contributed by atoms with van der Waals surface area (Å²) in [4.78, 5) is 1.52. The van der Waals surface area contributed by atoms with E-state index in [4.69, 9.17) is 0 Å². The molecule has 102 valence electrons. The first-order valence-electron chi connectivity index (χ1n) is 7.17. The summed E-state index contributed by atoms with van der Waals surface area (Å²) in [5.74, 6) is 0. The highest BCUT2D eigenvalue weighted by atomic mass is 32.1. The number of allylic oxidation sites excluding steroid dienone is 1. The highest BCUT2D eigenvalue weighted by Crippen LogP contribution is 2.15. The summed E-state index contributed by atoms with van der Waals surface area (Å²) in [5.41, 5.74) is 0. The molecule has 0 aliphatic heterocycles. The van der Waals surface area contributed by atoms with Crippen LogP contribution < -0.4 is 5.32 Å². The Bertz CT molecular complexity index is 292. The number of aryl methyl sites for hydroxylation is 1. The molecule has 1 rings (SSSR count). The lowest BCUT2D eigenvalue weighted by molar-refractivity contribution is 0.452. The van der Waals surface area contributed by atoms with E-state index in [0.29, 0.717) is 6.04 Å². The molecule has 18 heavy (non-hydrogen) atoms. The standard InChI is InChI=1S/C16H27NS/c1-3-4-5-6-7-10-15(17-2)11-8-12-16-13-9-14-18-16/h3,9,13-15,17H,1,4-8,10-12H2,2H3. The molecule has 0 saturated carbocycles. The zero-order valence-corrected chi connectivity index (χ0v) is 12.5. The fourth-order valence-electron chi connectivity index (χ4n) is 2.27. The van der Waals surface area contributed by atoms with Gasteiger partial charge in [-0.2, -0.15) is 0 Å². The molecular formula is C16H27NS. The zero-order chi connectivity index (χ0) is 13.1. The van der Waals surface area contributed by atoms with Crippen LogP contribution in [0.15, 0.2) is 30.2 Å². The number of hydrogen-bond acceptors (Lipinski definition) is 2. The summed E-state index contributed by atoms with van der Waals surface area (Å²) >= 11 is 1.88. The first-order chi connectivity index (χ1) is 8.86. The molecule has 0 amide bonds. The quantitative estimate of drug-likeness (QED) is 0.448. The lowest BCUT2D eigenvalue weighted by Crippen LogP contribution is -2.25. The van der Waals surface area contributed by atoms with Crippen LogP contribution in [-0.4, -0.2) is 13.1 Å². The average molecular weight is 265 g/mol. The fourth-order valence-corrected chi connectivity index (χ4v) is 3.02. The first-order valence-corrected chi connectivity index (χ1v) is 8.05. The van der Waals surface area contributed by atoms with Crippen molar-refractivity contribution < 1.29 is 0 Å². The Morgan fingerprint density at radius 3 is 2.78 bits per heavy atom. The Kier molecular flexibility index (Phi) is 8.87. The van der Waals surface area contributed by atoms with Gasteiger partial charge >= 0.3 is 0 Å². The second kappa shape index (κ2) is 10.3. The predicted molar refractivity (Wildman–Crippen MR) is 83.4 cm³/mol. The minimum atomic E-state index is 0.702. The number of unbranched alkanes of at least 4 members (excludes halogenated alkanes) is 3. The normalized spacial score (nSPS) is 12.5. The van der Waals surface area contributed by atoms with Crippen LogP contribution in [0.5, 0.6) is 0 Å². The van der Waals surface area contributed by atoms with Crippen molar-refractivity contribution in [3.63, 3.8) is 0 Å². The van der Waals surface area contributed by atoms with Crippen molar-refractivity contribution in [2.75, 3.05) is 7.05 Å². The first kappa shape index (κ1) is 15.5. The van der Waals surface area contributed by atoms with Crippen LogP contribution in [0, 0.1) is 0 Å². The van der Waals surface area contributed by atoms with E-state index in [1.807, 2.05) is 17.4 Å². The molecule has 1 atom stereocenters. The van der Waals surface area contributed by atoms with Crippen molar-refractivity contribution in [3.8, 4) is 0 Å². The van der Waals surface area contributed by atoms with E-state index in [-0.39, 0.29) is 0 Å². The maximum atomic E-state index is 3.76. The highest BCUT2D eigenvalue weighted by Gasteiger charge is 2.05. The lowest BCUT2D eigenvalue weighted by atomic mass is 10.0. The Balaban J connectivity index is 2.04. The van der Waals surface area contributed by atoms with Crippen molar-refractivity contribution >= 4 is 11.3 Å². The van der Waals surface area contributed by atoms with Gasteiger partial charge in [-0.3, -0.25) is 0 Å². The van der Waals surface area contributed by atoms with Gasteiger partial charge in [0.15, 0.2) is 0 Å². The van der Waals surface area contributed by atoms with Crippen LogP contribution in [0.3, 0.4) is 0 Å². The van der Waals surface area contributed by atoms with Gasteiger partial charge in [0.2, 0.25) is 0 Å². The molecule has 0 spiro atoms. The van der Waals surface area contributed by atoms with Gasteiger partial charge in [0.25, 0.3) is 0 Å². The van der Waals surface area contributed by atoms with Crippen LogP contribution >= 0.6 is 11.3 Å². The molecule has 0 fully saturated rings. The molecular weight excluding hydrogens is 238 g/mol. The van der Waals surface area contributed by atoms with Crippen LogP contribution in [0.4, 0.5) is 0 Å². The maximum absolute atomic E-state index is 3.76. The molecule has 2 heteroatoms. The van der Waals surface area contributed by atoms with Gasteiger partial charge in [0.05, 0.1) is 0 Å².